The van der Waals surface area contributed by atoms with Crippen LogP contribution in [0.2, 0.25) is 0 Å². The number of hydrogen-bond donors (Lipinski definition) is 1. The maximum absolute atomic E-state index is 13.2. The standard InChI is InChI=1S/C20H26N4O3/c1-19(2,3)24-17(25)23(13-16-6-4-15(12-21)5-7-16)14-20(24)8-10-22(11-9-20)18(26)27/h4-7H,8-11,13-14H2,1-3H3,(H,26,27). The number of carbonyl (C=O) groups is 2. The fraction of sp³-hybridized carbons (Fsp3) is 0.550. The fourth-order valence-corrected chi connectivity index (χ4v) is 4.36. The second-order valence-corrected chi connectivity index (χ2v) is 8.45. The molecule has 2 fully saturated rings. The second-order valence-electron chi connectivity index (χ2n) is 8.45. The molecule has 0 atom stereocenters. The van der Waals surface area contributed by atoms with Gasteiger partial charge in [0.25, 0.3) is 0 Å². The number of likely N-dealkylation sites (tertiary alicyclic amines) is 1. The van der Waals surface area contributed by atoms with E-state index in [0.717, 1.165) is 5.56 Å². The predicted molar refractivity (Wildman–Crippen MR) is 100 cm³/mol. The van der Waals surface area contributed by atoms with Gasteiger partial charge in [-0.3, -0.25) is 0 Å². The largest absolute Gasteiger partial charge is 0.465 e. The quantitative estimate of drug-likeness (QED) is 0.866. The minimum absolute atomic E-state index is 0.00404. The average Bonchev–Trinajstić information content (AvgIpc) is 2.87. The molecule has 2 saturated heterocycles. The summed E-state index contributed by atoms with van der Waals surface area (Å²) in [6.45, 7) is 8.06. The summed E-state index contributed by atoms with van der Waals surface area (Å²) in [5.74, 6) is 0. The average molecular weight is 370 g/mol. The van der Waals surface area contributed by atoms with E-state index in [9.17, 15) is 14.7 Å². The molecular weight excluding hydrogens is 344 g/mol. The predicted octanol–water partition coefficient (Wildman–Crippen LogP) is 3.11. The van der Waals surface area contributed by atoms with Crippen LogP contribution in [-0.4, -0.2) is 62.6 Å². The minimum Gasteiger partial charge on any atom is -0.465 e. The van der Waals surface area contributed by atoms with Gasteiger partial charge >= 0.3 is 12.1 Å². The SMILES string of the molecule is CC(C)(C)N1C(=O)N(Cc2ccc(C#N)cc2)CC12CCN(C(=O)O)CC2. The molecule has 3 amide bonds. The van der Waals surface area contributed by atoms with E-state index >= 15 is 0 Å². The summed E-state index contributed by atoms with van der Waals surface area (Å²) in [5, 5.41) is 18.2. The summed E-state index contributed by atoms with van der Waals surface area (Å²) >= 11 is 0. The molecule has 0 bridgehead atoms. The Hall–Kier alpha value is -2.75. The van der Waals surface area contributed by atoms with E-state index < -0.39 is 6.09 Å². The van der Waals surface area contributed by atoms with Crippen molar-refractivity contribution in [3.05, 3.63) is 35.4 Å². The second kappa shape index (κ2) is 6.76. The van der Waals surface area contributed by atoms with Crippen LogP contribution >= 0.6 is 0 Å². The first kappa shape index (κ1) is 19.0. The van der Waals surface area contributed by atoms with E-state index in [4.69, 9.17) is 5.26 Å². The Labute approximate surface area is 159 Å². The first-order valence-electron chi connectivity index (χ1n) is 9.22. The highest BCUT2D eigenvalue weighted by Crippen LogP contribution is 2.41. The Morgan fingerprint density at radius 1 is 1.22 bits per heavy atom. The lowest BCUT2D eigenvalue weighted by molar-refractivity contribution is 0.0288. The Kier molecular flexibility index (Phi) is 4.77. The first-order chi connectivity index (χ1) is 12.7. The molecule has 1 spiro atoms. The molecule has 2 heterocycles. The van der Waals surface area contributed by atoms with Gasteiger partial charge in [-0.05, 0) is 51.3 Å². The Balaban J connectivity index is 1.83. The number of hydrogen-bond acceptors (Lipinski definition) is 3. The van der Waals surface area contributed by atoms with Crippen LogP contribution in [-0.2, 0) is 6.54 Å². The van der Waals surface area contributed by atoms with Crippen molar-refractivity contribution in [1.29, 1.82) is 5.26 Å². The molecule has 1 aromatic carbocycles. The molecule has 144 valence electrons. The van der Waals surface area contributed by atoms with Gasteiger partial charge in [-0.15, -0.1) is 0 Å². The van der Waals surface area contributed by atoms with E-state index in [1.54, 1.807) is 12.1 Å². The summed E-state index contributed by atoms with van der Waals surface area (Å²) in [4.78, 5) is 29.8. The van der Waals surface area contributed by atoms with Crippen molar-refractivity contribution >= 4 is 12.1 Å². The highest BCUT2D eigenvalue weighted by Gasteiger charge is 2.54. The minimum atomic E-state index is -0.897. The van der Waals surface area contributed by atoms with E-state index in [2.05, 4.69) is 6.07 Å². The third-order valence-electron chi connectivity index (χ3n) is 5.51. The number of carboxylic acid groups (broad SMARTS) is 1. The summed E-state index contributed by atoms with van der Waals surface area (Å²) in [6, 6.07) is 9.38. The van der Waals surface area contributed by atoms with Crippen molar-refractivity contribution in [1.82, 2.24) is 14.7 Å². The molecule has 0 radical (unpaired) electrons. The first-order valence-corrected chi connectivity index (χ1v) is 9.22. The van der Waals surface area contributed by atoms with Gasteiger partial charge in [0, 0.05) is 31.7 Å². The van der Waals surface area contributed by atoms with Crippen molar-refractivity contribution in [3.63, 3.8) is 0 Å². The number of amides is 3. The lowest BCUT2D eigenvalue weighted by Crippen LogP contribution is -2.60. The molecule has 3 rings (SSSR count). The van der Waals surface area contributed by atoms with Crippen LogP contribution in [0, 0.1) is 11.3 Å². The maximum Gasteiger partial charge on any atom is 0.407 e. The van der Waals surface area contributed by atoms with Gasteiger partial charge in [0.15, 0.2) is 0 Å². The number of carbonyl (C=O) groups excluding carboxylic acids is 1. The van der Waals surface area contributed by atoms with E-state index in [1.165, 1.54) is 4.90 Å². The van der Waals surface area contributed by atoms with Gasteiger partial charge in [0.05, 0.1) is 17.2 Å². The van der Waals surface area contributed by atoms with Crippen molar-refractivity contribution in [2.75, 3.05) is 19.6 Å². The lowest BCUT2D eigenvalue weighted by atomic mass is 9.84. The molecule has 0 saturated carbocycles. The Bertz CT molecular complexity index is 768. The van der Waals surface area contributed by atoms with Crippen LogP contribution < -0.4 is 0 Å². The Morgan fingerprint density at radius 3 is 2.30 bits per heavy atom. The molecule has 1 aromatic rings. The van der Waals surface area contributed by atoms with Crippen LogP contribution in [0.15, 0.2) is 24.3 Å². The van der Waals surface area contributed by atoms with Gasteiger partial charge in [0.1, 0.15) is 0 Å². The highest BCUT2D eigenvalue weighted by molar-refractivity contribution is 5.79. The van der Waals surface area contributed by atoms with Crippen LogP contribution in [0.3, 0.4) is 0 Å². The molecule has 7 nitrogen and oxygen atoms in total. The molecule has 0 unspecified atom stereocenters. The smallest absolute Gasteiger partial charge is 0.407 e. The van der Waals surface area contributed by atoms with E-state index in [0.29, 0.717) is 44.6 Å². The van der Waals surface area contributed by atoms with Gasteiger partial charge in [0.2, 0.25) is 0 Å². The molecule has 7 heteroatoms. The van der Waals surface area contributed by atoms with Gasteiger partial charge in [-0.2, -0.15) is 5.26 Å². The summed E-state index contributed by atoms with van der Waals surface area (Å²) < 4.78 is 0. The number of benzene rings is 1. The van der Waals surface area contributed by atoms with Gasteiger partial charge in [-0.1, -0.05) is 12.1 Å². The zero-order chi connectivity index (χ0) is 19.8. The molecular formula is C20H26N4O3. The van der Waals surface area contributed by atoms with Crippen LogP contribution in [0.1, 0.15) is 44.7 Å². The maximum atomic E-state index is 13.2. The molecule has 0 aromatic heterocycles. The summed E-state index contributed by atoms with van der Waals surface area (Å²) in [6.07, 6.45) is 0.393. The van der Waals surface area contributed by atoms with Gasteiger partial charge in [-0.25, -0.2) is 9.59 Å². The number of nitriles is 1. The number of urea groups is 1. The molecule has 0 aliphatic carbocycles. The van der Waals surface area contributed by atoms with Gasteiger partial charge < -0.3 is 19.8 Å². The number of piperidine rings is 1. The Morgan fingerprint density at radius 2 is 1.81 bits per heavy atom. The zero-order valence-electron chi connectivity index (χ0n) is 16.1. The number of nitrogens with zero attached hydrogens (tertiary/aromatic N) is 4. The molecule has 1 N–H and O–H groups in total. The summed E-state index contributed by atoms with van der Waals surface area (Å²) in [7, 11) is 0. The van der Waals surface area contributed by atoms with E-state index in [-0.39, 0.29) is 17.1 Å². The molecule has 2 aliphatic rings. The summed E-state index contributed by atoms with van der Waals surface area (Å²) in [5.41, 5.74) is 0.895. The molecule has 2 aliphatic heterocycles. The van der Waals surface area contributed by atoms with Crippen molar-refractivity contribution < 1.29 is 14.7 Å². The third-order valence-corrected chi connectivity index (χ3v) is 5.51. The molecule has 27 heavy (non-hydrogen) atoms. The van der Waals surface area contributed by atoms with E-state index in [1.807, 2.05) is 42.7 Å². The lowest BCUT2D eigenvalue weighted by Gasteiger charge is -2.48. The zero-order valence-corrected chi connectivity index (χ0v) is 16.1. The third kappa shape index (κ3) is 3.57. The van der Waals surface area contributed by atoms with Crippen molar-refractivity contribution in [3.8, 4) is 6.07 Å². The van der Waals surface area contributed by atoms with Crippen LogP contribution in [0.25, 0.3) is 0 Å². The van der Waals surface area contributed by atoms with Crippen LogP contribution in [0.4, 0.5) is 9.59 Å². The van der Waals surface area contributed by atoms with Crippen molar-refractivity contribution in [2.24, 2.45) is 0 Å². The topological polar surface area (TPSA) is 87.9 Å². The fourth-order valence-electron chi connectivity index (χ4n) is 4.36. The van der Waals surface area contributed by atoms with Crippen LogP contribution in [0.5, 0.6) is 0 Å². The highest BCUT2D eigenvalue weighted by atomic mass is 16.4. The number of rotatable bonds is 2. The van der Waals surface area contributed by atoms with Crippen molar-refractivity contribution in [2.45, 2.75) is 51.2 Å². The monoisotopic (exact) mass is 370 g/mol. The normalized spacial score (nSPS) is 19.5.